The summed E-state index contributed by atoms with van der Waals surface area (Å²) in [4.78, 5) is 16.2. The molecule has 0 radical (unpaired) electrons. The Labute approximate surface area is 155 Å². The zero-order chi connectivity index (χ0) is 19.7. The van der Waals surface area contributed by atoms with E-state index in [0.717, 1.165) is 17.7 Å². The summed E-state index contributed by atoms with van der Waals surface area (Å²) in [5.74, 6) is -0.796. The number of ether oxygens (including phenoxy) is 1. The topological polar surface area (TPSA) is 62.7 Å². The number of rotatable bonds is 6. The molecule has 0 aliphatic heterocycles. The third-order valence-electron chi connectivity index (χ3n) is 3.50. The summed E-state index contributed by atoms with van der Waals surface area (Å²) in [6, 6.07) is 14.2. The minimum atomic E-state index is -4.45. The zero-order valence-electron chi connectivity index (χ0n) is 14.7. The van der Waals surface area contributed by atoms with Gasteiger partial charge in [0.1, 0.15) is 0 Å². The first-order valence-electron chi connectivity index (χ1n) is 8.35. The lowest BCUT2D eigenvalue weighted by Gasteiger charge is -2.13. The van der Waals surface area contributed by atoms with Gasteiger partial charge in [-0.15, -0.1) is 0 Å². The molecule has 27 heavy (non-hydrogen) atoms. The van der Waals surface area contributed by atoms with Gasteiger partial charge in [-0.1, -0.05) is 36.4 Å². The van der Waals surface area contributed by atoms with Crippen LogP contribution in [0.25, 0.3) is 0 Å². The number of anilines is 1. The summed E-state index contributed by atoms with van der Waals surface area (Å²) < 4.78 is 43.3. The lowest BCUT2D eigenvalue weighted by atomic mass is 10.2. The monoisotopic (exact) mass is 379 g/mol. The predicted octanol–water partition coefficient (Wildman–Crippen LogP) is 3.83. The molecule has 0 bridgehead atoms. The van der Waals surface area contributed by atoms with Gasteiger partial charge < -0.3 is 4.74 Å². The van der Waals surface area contributed by atoms with E-state index in [1.165, 1.54) is 12.1 Å². The van der Waals surface area contributed by atoms with Crippen molar-refractivity contribution in [2.75, 3.05) is 18.6 Å². The predicted molar refractivity (Wildman–Crippen MR) is 97.3 cm³/mol. The molecular formula is C19H20F3N3O2. The average Bonchev–Trinajstić information content (AvgIpc) is 2.65. The fourth-order valence-corrected chi connectivity index (χ4v) is 2.20. The van der Waals surface area contributed by atoms with E-state index in [1.54, 1.807) is 6.92 Å². The van der Waals surface area contributed by atoms with Gasteiger partial charge in [0.15, 0.2) is 0 Å². The number of alkyl halides is 3. The third-order valence-corrected chi connectivity index (χ3v) is 3.50. The van der Waals surface area contributed by atoms with Crippen LogP contribution < -0.4 is 10.9 Å². The second-order valence-electron chi connectivity index (χ2n) is 5.51. The highest BCUT2D eigenvalue weighted by Crippen LogP contribution is 2.30. The zero-order valence-corrected chi connectivity index (χ0v) is 14.7. The van der Waals surface area contributed by atoms with Gasteiger partial charge in [-0.05, 0) is 37.1 Å². The van der Waals surface area contributed by atoms with Crippen molar-refractivity contribution >= 4 is 17.5 Å². The average molecular weight is 379 g/mol. The van der Waals surface area contributed by atoms with Crippen molar-refractivity contribution < 1.29 is 22.7 Å². The van der Waals surface area contributed by atoms with Gasteiger partial charge in [0.2, 0.25) is 5.84 Å². The van der Waals surface area contributed by atoms with Crippen molar-refractivity contribution in [3.8, 4) is 0 Å². The summed E-state index contributed by atoms with van der Waals surface area (Å²) >= 11 is 0. The van der Waals surface area contributed by atoms with E-state index in [-0.39, 0.29) is 18.1 Å². The SMILES string of the molecule is CCOC(=O)C(=NCCc1ccccc1)NNc1cccc(C(F)(F)F)c1. The fraction of sp³-hybridized carbons (Fsp3) is 0.263. The van der Waals surface area contributed by atoms with Gasteiger partial charge in [0.05, 0.1) is 17.9 Å². The summed E-state index contributed by atoms with van der Waals surface area (Å²) in [5, 5.41) is 0. The number of hydrogen-bond acceptors (Lipinski definition) is 4. The Morgan fingerprint density at radius 2 is 1.85 bits per heavy atom. The molecule has 0 saturated heterocycles. The maximum Gasteiger partial charge on any atom is 0.416 e. The van der Waals surface area contributed by atoms with Crippen molar-refractivity contribution in [3.63, 3.8) is 0 Å². The molecule has 0 saturated carbocycles. The van der Waals surface area contributed by atoms with Crippen LogP contribution in [-0.4, -0.2) is 25.0 Å². The van der Waals surface area contributed by atoms with Crippen molar-refractivity contribution in [2.45, 2.75) is 19.5 Å². The maximum atomic E-state index is 12.8. The molecule has 2 rings (SSSR count). The van der Waals surface area contributed by atoms with E-state index in [9.17, 15) is 18.0 Å². The standard InChI is InChI=1S/C19H20F3N3O2/c1-2-27-18(26)17(23-12-11-14-7-4-3-5-8-14)25-24-16-10-6-9-15(13-16)19(20,21)22/h3-10,13,24H,2,11-12H2,1H3,(H,23,25). The summed E-state index contributed by atoms with van der Waals surface area (Å²) in [6.07, 6.45) is -3.85. The summed E-state index contributed by atoms with van der Waals surface area (Å²) in [5.41, 5.74) is 5.50. The number of nitrogens with zero attached hydrogens (tertiary/aromatic N) is 1. The second-order valence-corrected chi connectivity index (χ2v) is 5.51. The molecule has 0 fully saturated rings. The molecule has 0 aromatic heterocycles. The highest BCUT2D eigenvalue weighted by atomic mass is 19.4. The van der Waals surface area contributed by atoms with Crippen LogP contribution in [0.3, 0.4) is 0 Å². The largest absolute Gasteiger partial charge is 0.460 e. The Bertz CT molecular complexity index is 777. The van der Waals surface area contributed by atoms with Crippen LogP contribution in [0.5, 0.6) is 0 Å². The van der Waals surface area contributed by atoms with Crippen LogP contribution in [0.2, 0.25) is 0 Å². The molecule has 0 aliphatic rings. The number of esters is 1. The number of hydrazine groups is 1. The Kier molecular flexibility index (Phi) is 7.22. The molecule has 0 unspecified atom stereocenters. The van der Waals surface area contributed by atoms with Crippen molar-refractivity contribution in [1.29, 1.82) is 0 Å². The molecule has 144 valence electrons. The van der Waals surface area contributed by atoms with E-state index >= 15 is 0 Å². The minimum absolute atomic E-state index is 0.106. The van der Waals surface area contributed by atoms with E-state index in [0.29, 0.717) is 13.0 Å². The Morgan fingerprint density at radius 1 is 1.11 bits per heavy atom. The third kappa shape index (κ3) is 6.65. The molecule has 0 amide bonds. The molecule has 2 aromatic rings. The van der Waals surface area contributed by atoms with Crippen molar-refractivity contribution in [1.82, 2.24) is 5.43 Å². The second kappa shape index (κ2) is 9.61. The highest BCUT2D eigenvalue weighted by Gasteiger charge is 2.30. The number of hydrogen-bond donors (Lipinski definition) is 2. The van der Waals surface area contributed by atoms with Gasteiger partial charge in [-0.2, -0.15) is 13.2 Å². The lowest BCUT2D eigenvalue weighted by Crippen LogP contribution is -2.37. The summed E-state index contributed by atoms with van der Waals surface area (Å²) in [6.45, 7) is 2.12. The van der Waals surface area contributed by atoms with E-state index in [2.05, 4.69) is 15.8 Å². The van der Waals surface area contributed by atoms with Crippen LogP contribution >= 0.6 is 0 Å². The number of carbonyl (C=O) groups excluding carboxylic acids is 1. The summed E-state index contributed by atoms with van der Waals surface area (Å²) in [7, 11) is 0. The number of carbonyl (C=O) groups is 1. The first kappa shape index (κ1) is 20.3. The Hall–Kier alpha value is -3.03. The number of benzene rings is 2. The van der Waals surface area contributed by atoms with Gasteiger partial charge in [-0.25, -0.2) is 4.79 Å². The Morgan fingerprint density at radius 3 is 2.52 bits per heavy atom. The molecule has 5 nitrogen and oxygen atoms in total. The molecule has 8 heteroatoms. The van der Waals surface area contributed by atoms with Gasteiger partial charge in [0, 0.05) is 6.54 Å². The molecule has 0 atom stereocenters. The van der Waals surface area contributed by atoms with Gasteiger partial charge in [-0.3, -0.25) is 15.8 Å². The number of amidine groups is 1. The van der Waals surface area contributed by atoms with Crippen LogP contribution in [0.1, 0.15) is 18.1 Å². The van der Waals surface area contributed by atoms with Crippen LogP contribution in [0.15, 0.2) is 59.6 Å². The maximum absolute atomic E-state index is 12.8. The smallest absolute Gasteiger partial charge is 0.416 e. The number of halogens is 3. The first-order chi connectivity index (χ1) is 12.9. The van der Waals surface area contributed by atoms with Crippen molar-refractivity contribution in [3.05, 3.63) is 65.7 Å². The molecular weight excluding hydrogens is 359 g/mol. The normalized spacial score (nSPS) is 11.8. The minimum Gasteiger partial charge on any atom is -0.460 e. The molecule has 0 aliphatic carbocycles. The van der Waals surface area contributed by atoms with E-state index in [1.807, 2.05) is 30.3 Å². The fourth-order valence-electron chi connectivity index (χ4n) is 2.20. The van der Waals surface area contributed by atoms with Crippen LogP contribution in [0.4, 0.5) is 18.9 Å². The molecule has 2 aromatic carbocycles. The van der Waals surface area contributed by atoms with Crippen LogP contribution in [-0.2, 0) is 22.1 Å². The lowest BCUT2D eigenvalue weighted by molar-refractivity contribution is -0.137. The van der Waals surface area contributed by atoms with Crippen molar-refractivity contribution in [2.24, 2.45) is 4.99 Å². The van der Waals surface area contributed by atoms with Crippen LogP contribution in [0, 0.1) is 0 Å². The molecule has 2 N–H and O–H groups in total. The number of aliphatic imine (C=N–C) groups is 1. The highest BCUT2D eigenvalue weighted by molar-refractivity contribution is 6.35. The van der Waals surface area contributed by atoms with E-state index in [4.69, 9.17) is 4.74 Å². The van der Waals surface area contributed by atoms with E-state index < -0.39 is 17.7 Å². The number of nitrogens with one attached hydrogen (secondary N) is 2. The van der Waals surface area contributed by atoms with Gasteiger partial charge >= 0.3 is 12.1 Å². The first-order valence-corrected chi connectivity index (χ1v) is 8.35. The molecule has 0 spiro atoms. The Balaban J connectivity index is 2.04. The molecule has 0 heterocycles. The quantitative estimate of drug-likeness (QED) is 0.347. The van der Waals surface area contributed by atoms with Gasteiger partial charge in [0.25, 0.3) is 0 Å².